The summed E-state index contributed by atoms with van der Waals surface area (Å²) in [7, 11) is 0. The Bertz CT molecular complexity index is 119. The fraction of sp³-hybridized carbons (Fsp3) is 0.500. The van der Waals surface area contributed by atoms with E-state index in [1.165, 1.54) is 0 Å². The second-order valence-electron chi connectivity index (χ2n) is 1.34. The van der Waals surface area contributed by atoms with E-state index < -0.39 is 12.0 Å². The van der Waals surface area contributed by atoms with Gasteiger partial charge < -0.3 is 17.5 Å². The van der Waals surface area contributed by atoms with E-state index in [-0.39, 0.29) is 39.1 Å². The zero-order chi connectivity index (χ0) is 7.28. The molecule has 10 heavy (non-hydrogen) atoms. The molecular weight excluding hydrogens is 213 g/mol. The van der Waals surface area contributed by atoms with Gasteiger partial charge in [0.05, 0.1) is 0 Å². The SMILES string of the molecule is [CH2-]CC([N-]N=O)C(=O)O.[Y]. The number of carboxylic acids is 1. The number of aliphatic carboxylic acids is 1. The molecule has 0 amide bonds. The predicted octanol–water partition coefficient (Wildman–Crippen LogP) is 0.716. The zero-order valence-corrected chi connectivity index (χ0v) is 8.07. The normalized spacial score (nSPS) is 10.9. The van der Waals surface area contributed by atoms with Gasteiger partial charge in [0.2, 0.25) is 0 Å². The zero-order valence-electron chi connectivity index (χ0n) is 5.23. The molecule has 0 fully saturated rings. The number of nitrogens with zero attached hydrogens (tertiary/aromatic N) is 2. The van der Waals surface area contributed by atoms with Crippen LogP contribution in [-0.2, 0) is 37.5 Å². The molecule has 0 aliphatic heterocycles. The van der Waals surface area contributed by atoms with E-state index in [9.17, 15) is 9.70 Å². The van der Waals surface area contributed by atoms with Crippen LogP contribution < -0.4 is 0 Å². The molecule has 0 spiro atoms. The molecule has 0 aromatic rings. The van der Waals surface area contributed by atoms with E-state index in [0.717, 1.165) is 0 Å². The van der Waals surface area contributed by atoms with Crippen molar-refractivity contribution >= 4 is 5.97 Å². The van der Waals surface area contributed by atoms with Gasteiger partial charge >= 0.3 is 0 Å². The summed E-state index contributed by atoms with van der Waals surface area (Å²) < 4.78 is 0. The topological polar surface area (TPSA) is 80.8 Å². The largest absolute Gasteiger partial charge is 0.554 e. The molecule has 0 heterocycles. The van der Waals surface area contributed by atoms with Crippen LogP contribution in [0.2, 0.25) is 0 Å². The fourth-order valence-electron chi connectivity index (χ4n) is 0.288. The van der Waals surface area contributed by atoms with Crippen molar-refractivity contribution in [1.82, 2.24) is 0 Å². The third kappa shape index (κ3) is 4.82. The monoisotopic (exact) mass is 219 g/mol. The average molecular weight is 219 g/mol. The van der Waals surface area contributed by atoms with Gasteiger partial charge in [-0.2, -0.15) is 11.3 Å². The maximum absolute atomic E-state index is 9.99. The van der Waals surface area contributed by atoms with Gasteiger partial charge in [0.25, 0.3) is 5.97 Å². The molecule has 0 saturated carbocycles. The Morgan fingerprint density at radius 3 is 2.40 bits per heavy atom. The van der Waals surface area contributed by atoms with Crippen LogP contribution in [-0.4, -0.2) is 17.1 Å². The quantitative estimate of drug-likeness (QED) is 0.429. The second kappa shape index (κ2) is 7.09. The van der Waals surface area contributed by atoms with Crippen molar-refractivity contribution < 1.29 is 42.6 Å². The Hall–Kier alpha value is -0.0261. The van der Waals surface area contributed by atoms with Gasteiger partial charge in [-0.1, -0.05) is 0 Å². The maximum atomic E-state index is 9.99. The third-order valence-corrected chi connectivity index (χ3v) is 0.745. The number of rotatable bonds is 4. The first-order chi connectivity index (χ1) is 4.22. The maximum Gasteiger partial charge on any atom is 0.287 e. The summed E-state index contributed by atoms with van der Waals surface area (Å²) in [4.78, 5) is 19.4. The molecule has 1 radical (unpaired) electrons. The third-order valence-electron chi connectivity index (χ3n) is 0.745. The summed E-state index contributed by atoms with van der Waals surface area (Å²) in [5.74, 6) is -1.18. The van der Waals surface area contributed by atoms with Gasteiger partial charge in [0.15, 0.2) is 0 Å². The molecule has 6 heteroatoms. The van der Waals surface area contributed by atoms with E-state index in [1.807, 2.05) is 0 Å². The molecule has 5 nitrogen and oxygen atoms in total. The fourth-order valence-corrected chi connectivity index (χ4v) is 0.288. The molecule has 1 N–H and O–H groups in total. The summed E-state index contributed by atoms with van der Waals surface area (Å²) in [6, 6.07) is -1.08. The molecule has 0 rings (SSSR count). The number of carbonyl (C=O) groups is 1. The van der Waals surface area contributed by atoms with Crippen LogP contribution in [0.1, 0.15) is 6.42 Å². The Morgan fingerprint density at radius 1 is 1.80 bits per heavy atom. The van der Waals surface area contributed by atoms with Gasteiger partial charge in [0, 0.05) is 32.7 Å². The van der Waals surface area contributed by atoms with E-state index in [0.29, 0.717) is 0 Å². The molecule has 0 aliphatic rings. The van der Waals surface area contributed by atoms with Crippen LogP contribution in [0.4, 0.5) is 0 Å². The van der Waals surface area contributed by atoms with E-state index in [2.05, 4.69) is 17.6 Å². The summed E-state index contributed by atoms with van der Waals surface area (Å²) in [6.45, 7) is 3.25. The van der Waals surface area contributed by atoms with Crippen molar-refractivity contribution in [3.8, 4) is 0 Å². The average Bonchev–Trinajstić information content (AvgIpc) is 1.82. The standard InChI is InChI=1S/C4H7N2O3.Y/c1-2-3(4(7)8)5-6-9;/h3H,1-2H2,(H2,5,7,8,9);/q-1;/p-1. The van der Waals surface area contributed by atoms with Crippen LogP contribution in [0.3, 0.4) is 0 Å². The summed E-state index contributed by atoms with van der Waals surface area (Å²) in [6.07, 6.45) is 0.0427. The Balaban J connectivity index is 0. The molecule has 1 atom stereocenters. The smallest absolute Gasteiger partial charge is 0.287 e. The molecule has 0 aromatic carbocycles. The van der Waals surface area contributed by atoms with Crippen molar-refractivity contribution in [2.75, 3.05) is 0 Å². The Morgan fingerprint density at radius 2 is 2.30 bits per heavy atom. The van der Waals surface area contributed by atoms with Crippen molar-refractivity contribution in [3.05, 3.63) is 17.3 Å². The molecule has 0 aliphatic carbocycles. The van der Waals surface area contributed by atoms with Crippen LogP contribution >= 0.6 is 0 Å². The molecular formula is C4H6N2O3Y-2. The van der Waals surface area contributed by atoms with Gasteiger partial charge in [-0.15, -0.1) is 5.29 Å². The van der Waals surface area contributed by atoms with Gasteiger partial charge in [-0.05, 0) is 6.04 Å². The van der Waals surface area contributed by atoms with Crippen molar-refractivity contribution in [2.45, 2.75) is 12.5 Å². The van der Waals surface area contributed by atoms with Gasteiger partial charge in [0.1, 0.15) is 0 Å². The van der Waals surface area contributed by atoms with E-state index in [1.54, 1.807) is 0 Å². The van der Waals surface area contributed by atoms with Gasteiger partial charge in [-0.25, -0.2) is 0 Å². The van der Waals surface area contributed by atoms with Crippen LogP contribution in [0, 0.1) is 11.8 Å². The minimum Gasteiger partial charge on any atom is -0.554 e. The molecule has 1 unspecified atom stereocenters. The van der Waals surface area contributed by atoms with Crippen molar-refractivity contribution in [1.29, 1.82) is 0 Å². The second-order valence-corrected chi connectivity index (χ2v) is 1.34. The molecule has 0 aromatic heterocycles. The summed E-state index contributed by atoms with van der Waals surface area (Å²) in [5, 5.41) is 10.3. The molecule has 55 valence electrons. The minimum atomic E-state index is -1.18. The first-order valence-corrected chi connectivity index (χ1v) is 2.27. The molecule has 0 saturated heterocycles. The number of carboxylic acid groups (broad SMARTS) is 1. The Kier molecular flexibility index (Phi) is 8.95. The summed E-state index contributed by atoms with van der Waals surface area (Å²) in [5.41, 5.74) is 2.85. The first-order valence-electron chi connectivity index (χ1n) is 2.27. The van der Waals surface area contributed by atoms with Crippen molar-refractivity contribution in [3.63, 3.8) is 0 Å². The first kappa shape index (κ1) is 12.6. The van der Waals surface area contributed by atoms with Crippen LogP contribution in [0.25, 0.3) is 5.43 Å². The Labute approximate surface area is 83.4 Å². The van der Waals surface area contributed by atoms with Crippen LogP contribution in [0.15, 0.2) is 5.29 Å². The van der Waals surface area contributed by atoms with Crippen LogP contribution in [0.5, 0.6) is 0 Å². The van der Waals surface area contributed by atoms with Gasteiger partial charge in [-0.3, -0.25) is 4.79 Å². The summed E-state index contributed by atoms with van der Waals surface area (Å²) >= 11 is 0. The molecule has 0 bridgehead atoms. The number of hydrogen-bond acceptors (Lipinski definition) is 3. The minimum absolute atomic E-state index is 0. The number of hydrogen-bond donors (Lipinski definition) is 1. The number of nitroso groups, excluding NO2 is 1. The van der Waals surface area contributed by atoms with E-state index >= 15 is 0 Å². The van der Waals surface area contributed by atoms with Crippen molar-refractivity contribution in [2.24, 2.45) is 5.29 Å². The van der Waals surface area contributed by atoms with E-state index in [4.69, 9.17) is 5.11 Å². The predicted molar refractivity (Wildman–Crippen MR) is 30.6 cm³/mol.